The molecule has 0 aliphatic heterocycles. The van der Waals surface area contributed by atoms with Crippen LogP contribution in [0, 0.1) is 5.41 Å². The van der Waals surface area contributed by atoms with E-state index in [9.17, 15) is 9.59 Å². The molecular weight excluding hydrogens is 222 g/mol. The summed E-state index contributed by atoms with van der Waals surface area (Å²) in [6.07, 6.45) is 3.43. The predicted molar refractivity (Wildman–Crippen MR) is 62.7 cm³/mol. The first-order chi connectivity index (χ1) is 8.02. The number of ether oxygens (including phenoxy) is 1. The van der Waals surface area contributed by atoms with Crippen molar-refractivity contribution >= 4 is 11.9 Å². The van der Waals surface area contributed by atoms with Crippen LogP contribution < -0.4 is 0 Å². The first kappa shape index (κ1) is 14.0. The van der Waals surface area contributed by atoms with Crippen LogP contribution in [-0.2, 0) is 14.3 Å². The summed E-state index contributed by atoms with van der Waals surface area (Å²) in [4.78, 5) is 24.2. The lowest BCUT2D eigenvalue weighted by Gasteiger charge is -2.42. The Kier molecular flexibility index (Phi) is 4.93. The molecule has 5 nitrogen and oxygen atoms in total. The number of carbonyl (C=O) groups is 2. The lowest BCUT2D eigenvalue weighted by Crippen LogP contribution is -2.49. The maximum absolute atomic E-state index is 12.2. The molecule has 0 saturated heterocycles. The summed E-state index contributed by atoms with van der Waals surface area (Å²) in [7, 11) is 3.34. The van der Waals surface area contributed by atoms with Crippen molar-refractivity contribution in [1.29, 1.82) is 0 Å². The van der Waals surface area contributed by atoms with Gasteiger partial charge in [0.15, 0.2) is 0 Å². The number of rotatable bonds is 7. The smallest absolute Gasteiger partial charge is 0.303 e. The molecule has 5 heteroatoms. The van der Waals surface area contributed by atoms with Crippen molar-refractivity contribution in [3.63, 3.8) is 0 Å². The summed E-state index contributed by atoms with van der Waals surface area (Å²) in [6.45, 7) is 0.964. The van der Waals surface area contributed by atoms with Gasteiger partial charge in [-0.1, -0.05) is 6.42 Å². The molecule has 0 unspecified atom stereocenters. The van der Waals surface area contributed by atoms with Crippen molar-refractivity contribution in [2.75, 3.05) is 27.3 Å². The number of nitrogens with zero attached hydrogens (tertiary/aromatic N) is 1. The molecule has 0 radical (unpaired) electrons. The van der Waals surface area contributed by atoms with Crippen LogP contribution in [0.5, 0.6) is 0 Å². The number of carboxylic acids is 1. The topological polar surface area (TPSA) is 66.8 Å². The highest BCUT2D eigenvalue weighted by molar-refractivity contribution is 5.83. The summed E-state index contributed by atoms with van der Waals surface area (Å²) in [5.41, 5.74) is -0.341. The largest absolute Gasteiger partial charge is 0.481 e. The average molecular weight is 243 g/mol. The predicted octanol–water partition coefficient (Wildman–Crippen LogP) is 1.13. The molecular formula is C12H21NO4. The Morgan fingerprint density at radius 2 is 2.06 bits per heavy atom. The summed E-state index contributed by atoms with van der Waals surface area (Å²) >= 11 is 0. The van der Waals surface area contributed by atoms with Crippen molar-refractivity contribution in [3.05, 3.63) is 0 Å². The fourth-order valence-electron chi connectivity index (χ4n) is 2.27. The summed E-state index contributed by atoms with van der Waals surface area (Å²) < 4.78 is 5.12. The highest BCUT2D eigenvalue weighted by atomic mass is 16.5. The van der Waals surface area contributed by atoms with Crippen molar-refractivity contribution in [2.24, 2.45) is 5.41 Å². The van der Waals surface area contributed by atoms with E-state index in [0.29, 0.717) is 19.6 Å². The summed E-state index contributed by atoms with van der Waals surface area (Å²) in [5.74, 6) is -0.725. The first-order valence-corrected chi connectivity index (χ1v) is 5.98. The van der Waals surface area contributed by atoms with Gasteiger partial charge in [-0.3, -0.25) is 9.59 Å². The van der Waals surface area contributed by atoms with Gasteiger partial charge in [-0.2, -0.15) is 0 Å². The molecule has 17 heavy (non-hydrogen) atoms. The van der Waals surface area contributed by atoms with Crippen LogP contribution in [0.3, 0.4) is 0 Å². The molecule has 0 atom stereocenters. The number of amides is 1. The minimum absolute atomic E-state index is 0.0935. The Morgan fingerprint density at radius 3 is 2.47 bits per heavy atom. The van der Waals surface area contributed by atoms with Gasteiger partial charge in [0.25, 0.3) is 0 Å². The number of aliphatic carboxylic acids is 1. The second kappa shape index (κ2) is 6.00. The van der Waals surface area contributed by atoms with Crippen LogP contribution in [0.2, 0.25) is 0 Å². The maximum Gasteiger partial charge on any atom is 0.303 e. The van der Waals surface area contributed by atoms with Gasteiger partial charge in [-0.15, -0.1) is 0 Å². The molecule has 1 aliphatic rings. The number of methoxy groups -OCH3 is 1. The van der Waals surface area contributed by atoms with Gasteiger partial charge in [0.1, 0.15) is 0 Å². The van der Waals surface area contributed by atoms with Gasteiger partial charge in [-0.25, -0.2) is 0 Å². The SMILES string of the molecule is COCC1(C(=O)N(C)CCCC(=O)O)CCC1. The summed E-state index contributed by atoms with van der Waals surface area (Å²) in [6, 6.07) is 0. The van der Waals surface area contributed by atoms with Crippen LogP contribution in [-0.4, -0.2) is 49.2 Å². The molecule has 0 aromatic heterocycles. The highest BCUT2D eigenvalue weighted by Crippen LogP contribution is 2.42. The third-order valence-corrected chi connectivity index (χ3v) is 3.42. The maximum atomic E-state index is 12.2. The Hall–Kier alpha value is -1.10. The Balaban J connectivity index is 2.42. The number of hydrogen-bond acceptors (Lipinski definition) is 3. The zero-order valence-electron chi connectivity index (χ0n) is 10.6. The molecule has 1 aliphatic carbocycles. The molecule has 1 saturated carbocycles. The zero-order valence-corrected chi connectivity index (χ0v) is 10.6. The van der Waals surface area contributed by atoms with Gasteiger partial charge >= 0.3 is 5.97 Å². The minimum atomic E-state index is -0.818. The molecule has 1 rings (SSSR count). The highest BCUT2D eigenvalue weighted by Gasteiger charge is 2.45. The van der Waals surface area contributed by atoms with E-state index in [2.05, 4.69) is 0 Å². The van der Waals surface area contributed by atoms with Crippen LogP contribution >= 0.6 is 0 Å². The first-order valence-electron chi connectivity index (χ1n) is 5.98. The van der Waals surface area contributed by atoms with Crippen LogP contribution in [0.1, 0.15) is 32.1 Å². The van der Waals surface area contributed by atoms with E-state index < -0.39 is 5.97 Å². The van der Waals surface area contributed by atoms with E-state index in [0.717, 1.165) is 19.3 Å². The van der Waals surface area contributed by atoms with E-state index >= 15 is 0 Å². The normalized spacial score (nSPS) is 17.3. The number of carbonyl (C=O) groups excluding carboxylic acids is 1. The van der Waals surface area contributed by atoms with E-state index in [1.54, 1.807) is 19.1 Å². The van der Waals surface area contributed by atoms with E-state index in [1.165, 1.54) is 0 Å². The van der Waals surface area contributed by atoms with Gasteiger partial charge in [0.05, 0.1) is 12.0 Å². The lowest BCUT2D eigenvalue weighted by molar-refractivity contribution is -0.151. The van der Waals surface area contributed by atoms with E-state index in [-0.39, 0.29) is 17.7 Å². The Bertz CT molecular complexity index is 286. The second-order valence-electron chi connectivity index (χ2n) is 4.79. The standard InChI is InChI=1S/C12H21NO4/c1-13(8-3-5-10(14)15)11(16)12(9-17-2)6-4-7-12/h3-9H2,1-2H3,(H,14,15). The van der Waals surface area contributed by atoms with E-state index in [1.807, 2.05) is 0 Å². The van der Waals surface area contributed by atoms with Gasteiger partial charge < -0.3 is 14.7 Å². The third-order valence-electron chi connectivity index (χ3n) is 3.42. The molecule has 1 amide bonds. The molecule has 0 heterocycles. The minimum Gasteiger partial charge on any atom is -0.481 e. The second-order valence-corrected chi connectivity index (χ2v) is 4.79. The Morgan fingerprint density at radius 1 is 1.41 bits per heavy atom. The molecule has 1 fully saturated rings. The Labute approximate surface area is 102 Å². The van der Waals surface area contributed by atoms with Crippen LogP contribution in [0.15, 0.2) is 0 Å². The fourth-order valence-corrected chi connectivity index (χ4v) is 2.27. The van der Waals surface area contributed by atoms with Gasteiger partial charge in [0.2, 0.25) is 5.91 Å². The fraction of sp³-hybridized carbons (Fsp3) is 0.833. The van der Waals surface area contributed by atoms with Crippen LogP contribution in [0.25, 0.3) is 0 Å². The molecule has 98 valence electrons. The van der Waals surface area contributed by atoms with Crippen LogP contribution in [0.4, 0.5) is 0 Å². The molecule has 0 bridgehead atoms. The third kappa shape index (κ3) is 3.43. The van der Waals surface area contributed by atoms with Gasteiger partial charge in [-0.05, 0) is 19.3 Å². The van der Waals surface area contributed by atoms with Crippen molar-refractivity contribution < 1.29 is 19.4 Å². The summed E-state index contributed by atoms with van der Waals surface area (Å²) in [5, 5.41) is 8.54. The van der Waals surface area contributed by atoms with Crippen molar-refractivity contribution in [3.8, 4) is 0 Å². The quantitative estimate of drug-likeness (QED) is 0.727. The number of hydrogen-bond donors (Lipinski definition) is 1. The average Bonchev–Trinajstić information content (AvgIpc) is 2.21. The van der Waals surface area contributed by atoms with Crippen molar-refractivity contribution in [1.82, 2.24) is 4.90 Å². The molecule has 0 aromatic rings. The van der Waals surface area contributed by atoms with E-state index in [4.69, 9.17) is 9.84 Å². The molecule has 0 spiro atoms. The number of carboxylic acid groups (broad SMARTS) is 1. The molecule has 0 aromatic carbocycles. The zero-order chi connectivity index (χ0) is 12.9. The van der Waals surface area contributed by atoms with Crippen molar-refractivity contribution in [2.45, 2.75) is 32.1 Å². The lowest BCUT2D eigenvalue weighted by atomic mass is 9.68. The van der Waals surface area contributed by atoms with Gasteiger partial charge in [0, 0.05) is 27.1 Å². The monoisotopic (exact) mass is 243 g/mol. The molecule has 1 N–H and O–H groups in total.